The molecule has 1 fully saturated rings. The molecule has 0 aromatic heterocycles. The molecular weight excluding hydrogens is 540 g/mol. The standard InChI is InChI=1S/C26H44N6O9/c1-5-16(6-2)28-26(41)27-14-20(33)29-17(12-21(34)32-9-7-8-10-32)23(37)30-18(13-22(35)36)24(38)31-19(25(39)40)11-15(3)4/h15-19H,5-14H2,1-4H3,(H,29,33)(H,30,37)(H,31,38)(H,35,36)(H,39,40)(H2,27,28,41)/t17-,18-,19-/m0/s1. The lowest BCUT2D eigenvalue weighted by Gasteiger charge is -2.25. The van der Waals surface area contributed by atoms with Crippen molar-refractivity contribution in [2.75, 3.05) is 19.6 Å². The van der Waals surface area contributed by atoms with Crippen LogP contribution in [-0.2, 0) is 28.8 Å². The Kier molecular flexibility index (Phi) is 15.2. The first-order valence-electron chi connectivity index (χ1n) is 13.9. The van der Waals surface area contributed by atoms with Crippen LogP contribution >= 0.6 is 0 Å². The highest BCUT2D eigenvalue weighted by molar-refractivity contribution is 5.97. The molecule has 0 radical (unpaired) electrons. The smallest absolute Gasteiger partial charge is 0.326 e. The molecule has 1 saturated heterocycles. The number of carboxylic acids is 2. The van der Waals surface area contributed by atoms with Crippen molar-refractivity contribution in [3.05, 3.63) is 0 Å². The van der Waals surface area contributed by atoms with E-state index in [1.165, 1.54) is 4.90 Å². The van der Waals surface area contributed by atoms with Gasteiger partial charge in [0.25, 0.3) is 0 Å². The normalized spacial score (nSPS) is 15.0. The second-order valence-electron chi connectivity index (χ2n) is 10.4. The summed E-state index contributed by atoms with van der Waals surface area (Å²) >= 11 is 0. The summed E-state index contributed by atoms with van der Waals surface area (Å²) in [7, 11) is 0. The Balaban J connectivity index is 3.02. The summed E-state index contributed by atoms with van der Waals surface area (Å²) in [5.41, 5.74) is 0. The highest BCUT2D eigenvalue weighted by Gasteiger charge is 2.33. The third kappa shape index (κ3) is 13.3. The predicted octanol–water partition coefficient (Wildman–Crippen LogP) is -0.453. The van der Waals surface area contributed by atoms with Gasteiger partial charge in [0.05, 0.1) is 19.4 Å². The van der Waals surface area contributed by atoms with Crippen molar-refractivity contribution in [3.8, 4) is 0 Å². The van der Waals surface area contributed by atoms with Crippen molar-refractivity contribution >= 4 is 41.6 Å². The number of hydrogen-bond donors (Lipinski definition) is 7. The minimum Gasteiger partial charge on any atom is -0.481 e. The summed E-state index contributed by atoms with van der Waals surface area (Å²) < 4.78 is 0. The van der Waals surface area contributed by atoms with E-state index in [4.69, 9.17) is 0 Å². The lowest BCUT2D eigenvalue weighted by molar-refractivity contribution is -0.144. The van der Waals surface area contributed by atoms with Crippen LogP contribution in [0.5, 0.6) is 0 Å². The Labute approximate surface area is 239 Å². The van der Waals surface area contributed by atoms with Gasteiger partial charge in [0.15, 0.2) is 0 Å². The first-order chi connectivity index (χ1) is 19.3. The van der Waals surface area contributed by atoms with E-state index in [0.29, 0.717) is 25.9 Å². The van der Waals surface area contributed by atoms with Crippen LogP contribution in [0.15, 0.2) is 0 Å². The number of urea groups is 1. The SMILES string of the molecule is CCC(CC)NC(=O)NCC(=O)N[C@@H](CC(=O)N1CCCC1)C(=O)N[C@@H](CC(=O)O)C(=O)N[C@@H](CC(C)C)C(=O)O. The van der Waals surface area contributed by atoms with Gasteiger partial charge in [-0.25, -0.2) is 9.59 Å². The Morgan fingerprint density at radius 2 is 1.29 bits per heavy atom. The molecule has 1 heterocycles. The third-order valence-corrected chi connectivity index (χ3v) is 6.55. The quantitative estimate of drug-likeness (QED) is 0.117. The Morgan fingerprint density at radius 1 is 0.756 bits per heavy atom. The van der Waals surface area contributed by atoms with Crippen LogP contribution in [0.3, 0.4) is 0 Å². The first kappa shape index (κ1) is 35.1. The fraction of sp³-hybridized carbons (Fsp3) is 0.731. The van der Waals surface area contributed by atoms with E-state index in [1.807, 2.05) is 13.8 Å². The molecule has 0 aromatic carbocycles. The van der Waals surface area contributed by atoms with Gasteiger partial charge in [-0.2, -0.15) is 0 Å². The molecule has 7 N–H and O–H groups in total. The van der Waals surface area contributed by atoms with Crippen LogP contribution in [-0.4, -0.2) is 101 Å². The first-order valence-corrected chi connectivity index (χ1v) is 13.9. The zero-order chi connectivity index (χ0) is 31.1. The number of aliphatic carboxylic acids is 2. The van der Waals surface area contributed by atoms with Gasteiger partial charge in [-0.1, -0.05) is 27.7 Å². The fourth-order valence-electron chi connectivity index (χ4n) is 4.24. The van der Waals surface area contributed by atoms with Crippen LogP contribution in [0.2, 0.25) is 0 Å². The predicted molar refractivity (Wildman–Crippen MR) is 146 cm³/mol. The van der Waals surface area contributed by atoms with Crippen LogP contribution < -0.4 is 26.6 Å². The summed E-state index contributed by atoms with van der Waals surface area (Å²) in [5, 5.41) is 30.7. The Hall–Kier alpha value is -3.91. The maximum atomic E-state index is 13.2. The topological polar surface area (TPSA) is 223 Å². The monoisotopic (exact) mass is 584 g/mol. The Morgan fingerprint density at radius 3 is 1.78 bits per heavy atom. The van der Waals surface area contributed by atoms with Gasteiger partial charge in [0.1, 0.15) is 18.1 Å². The molecular formula is C26H44N6O9. The number of hydrogen-bond acceptors (Lipinski definition) is 7. The molecule has 1 aliphatic heterocycles. The average Bonchev–Trinajstić information content (AvgIpc) is 3.44. The highest BCUT2D eigenvalue weighted by Crippen LogP contribution is 2.11. The molecule has 0 spiro atoms. The molecule has 41 heavy (non-hydrogen) atoms. The molecule has 1 rings (SSSR count). The highest BCUT2D eigenvalue weighted by atomic mass is 16.4. The van der Waals surface area contributed by atoms with Gasteiger partial charge in [-0.3, -0.25) is 24.0 Å². The van der Waals surface area contributed by atoms with Crippen molar-refractivity contribution in [2.45, 2.75) is 96.8 Å². The van der Waals surface area contributed by atoms with E-state index >= 15 is 0 Å². The number of nitrogens with zero attached hydrogens (tertiary/aromatic N) is 1. The van der Waals surface area contributed by atoms with E-state index in [-0.39, 0.29) is 18.4 Å². The number of rotatable bonds is 17. The Bertz CT molecular complexity index is 948. The van der Waals surface area contributed by atoms with Crippen LogP contribution in [0.25, 0.3) is 0 Å². The summed E-state index contributed by atoms with van der Waals surface area (Å²) in [6.07, 6.45) is 1.67. The molecule has 0 aromatic rings. The van der Waals surface area contributed by atoms with Crippen LogP contribution in [0.4, 0.5) is 4.79 Å². The molecule has 15 heteroatoms. The summed E-state index contributed by atoms with van der Waals surface area (Å²) in [6, 6.07) is -5.17. The van der Waals surface area contributed by atoms with Crippen molar-refractivity contribution in [3.63, 3.8) is 0 Å². The molecule has 6 amide bonds. The average molecular weight is 585 g/mol. The molecule has 15 nitrogen and oxygen atoms in total. The lowest BCUT2D eigenvalue weighted by Crippen LogP contribution is -2.57. The maximum absolute atomic E-state index is 13.2. The van der Waals surface area contributed by atoms with Crippen molar-refractivity contribution in [1.29, 1.82) is 0 Å². The second-order valence-corrected chi connectivity index (χ2v) is 10.4. The summed E-state index contributed by atoms with van der Waals surface area (Å²) in [4.78, 5) is 88.1. The molecule has 0 unspecified atom stereocenters. The number of likely N-dealkylation sites (tertiary alicyclic amines) is 1. The number of carbonyl (C=O) groups is 7. The van der Waals surface area contributed by atoms with E-state index < -0.39 is 79.1 Å². The minimum absolute atomic E-state index is 0.0651. The summed E-state index contributed by atoms with van der Waals surface area (Å²) in [5.74, 6) is -6.14. The number of carboxylic acid groups (broad SMARTS) is 2. The van der Waals surface area contributed by atoms with Gasteiger partial charge in [-0.15, -0.1) is 0 Å². The number of nitrogens with one attached hydrogen (secondary N) is 5. The van der Waals surface area contributed by atoms with Gasteiger partial charge >= 0.3 is 18.0 Å². The van der Waals surface area contributed by atoms with E-state index in [2.05, 4.69) is 26.6 Å². The molecule has 1 aliphatic rings. The fourth-order valence-corrected chi connectivity index (χ4v) is 4.24. The van der Waals surface area contributed by atoms with Crippen molar-refractivity contribution in [2.24, 2.45) is 5.92 Å². The number of amides is 6. The minimum atomic E-state index is -1.68. The molecule has 232 valence electrons. The van der Waals surface area contributed by atoms with E-state index in [1.54, 1.807) is 13.8 Å². The summed E-state index contributed by atoms with van der Waals surface area (Å²) in [6.45, 7) is 7.73. The van der Waals surface area contributed by atoms with Crippen LogP contribution in [0.1, 0.15) is 72.6 Å². The van der Waals surface area contributed by atoms with E-state index in [9.17, 15) is 43.8 Å². The third-order valence-electron chi connectivity index (χ3n) is 6.55. The van der Waals surface area contributed by atoms with Gasteiger partial charge in [0, 0.05) is 19.1 Å². The largest absolute Gasteiger partial charge is 0.481 e. The second kappa shape index (κ2) is 17.7. The van der Waals surface area contributed by atoms with E-state index in [0.717, 1.165) is 12.8 Å². The number of carbonyl (C=O) groups excluding carboxylic acids is 5. The maximum Gasteiger partial charge on any atom is 0.326 e. The van der Waals surface area contributed by atoms with Crippen molar-refractivity contribution < 1.29 is 43.8 Å². The molecule has 0 bridgehead atoms. The molecule has 0 aliphatic carbocycles. The zero-order valence-electron chi connectivity index (χ0n) is 24.2. The molecule has 3 atom stereocenters. The zero-order valence-corrected chi connectivity index (χ0v) is 24.2. The van der Waals surface area contributed by atoms with Gasteiger partial charge in [0.2, 0.25) is 23.6 Å². The lowest BCUT2D eigenvalue weighted by atomic mass is 10.0. The van der Waals surface area contributed by atoms with Crippen LogP contribution in [0, 0.1) is 5.92 Å². The van der Waals surface area contributed by atoms with Gasteiger partial charge < -0.3 is 41.7 Å². The van der Waals surface area contributed by atoms with Crippen molar-refractivity contribution in [1.82, 2.24) is 31.5 Å². The van der Waals surface area contributed by atoms with Gasteiger partial charge in [-0.05, 0) is 38.0 Å². The molecule has 0 saturated carbocycles.